The van der Waals surface area contributed by atoms with E-state index in [1.165, 1.54) is 22.3 Å². The first-order chi connectivity index (χ1) is 18.2. The van der Waals surface area contributed by atoms with Crippen molar-refractivity contribution >= 4 is 17.8 Å². The van der Waals surface area contributed by atoms with E-state index in [0.717, 1.165) is 51.5 Å². The van der Waals surface area contributed by atoms with Crippen LogP contribution < -0.4 is 4.90 Å². The van der Waals surface area contributed by atoms with E-state index in [1.54, 1.807) is 17.3 Å². The number of carbonyl (C=O) groups is 2. The summed E-state index contributed by atoms with van der Waals surface area (Å²) in [5.41, 5.74) is 4.93. The Labute approximate surface area is 217 Å². The first kappa shape index (κ1) is 22.6. The second-order valence-electron chi connectivity index (χ2n) is 10.7. The van der Waals surface area contributed by atoms with Gasteiger partial charge in [0.05, 0.1) is 11.8 Å². The van der Waals surface area contributed by atoms with Crippen LogP contribution in [0.25, 0.3) is 0 Å². The number of hydrogen-bond donors (Lipinski definition) is 0. The number of anilines is 1. The Kier molecular flexibility index (Phi) is 5.54. The number of hydrogen-bond acceptors (Lipinski definition) is 6. The van der Waals surface area contributed by atoms with Crippen molar-refractivity contribution in [3.63, 3.8) is 0 Å². The zero-order chi connectivity index (χ0) is 24.9. The fraction of sp³-hybridized carbons (Fsp3) is 0.400. The molecule has 2 aromatic carbocycles. The first-order valence-electron chi connectivity index (χ1n) is 13.5. The topological polar surface area (TPSA) is 69.6 Å². The Balaban J connectivity index is 1.000. The van der Waals surface area contributed by atoms with Crippen LogP contribution >= 0.6 is 0 Å². The molecule has 7 heteroatoms. The number of rotatable bonds is 6. The van der Waals surface area contributed by atoms with Gasteiger partial charge >= 0.3 is 0 Å². The van der Waals surface area contributed by atoms with Crippen molar-refractivity contribution in [3.8, 4) is 0 Å². The van der Waals surface area contributed by atoms with E-state index in [2.05, 4.69) is 68.3 Å². The van der Waals surface area contributed by atoms with Gasteiger partial charge in [-0.2, -0.15) is 0 Å². The van der Waals surface area contributed by atoms with Crippen LogP contribution in [0.1, 0.15) is 46.9 Å². The van der Waals surface area contributed by atoms with Crippen molar-refractivity contribution in [1.29, 1.82) is 0 Å². The number of likely N-dealkylation sites (tertiary alicyclic amines) is 1. The standard InChI is InChI=1S/C30H31N5O2/c36-28-26-24-20-8-1-2-9-21(20)25(23-11-4-3-10-22(23)24)27(26)29(37)35(28)15-6-5-14-33-16-18-34(19-17-33)30-31-12-7-13-32-30/h1-4,7-13,24-27H,5-6,14-19H2. The Morgan fingerprint density at radius 1 is 0.649 bits per heavy atom. The number of unbranched alkanes of at least 4 members (excludes halogenated alkanes) is 1. The van der Waals surface area contributed by atoms with Crippen molar-refractivity contribution in [2.75, 3.05) is 44.2 Å². The summed E-state index contributed by atoms with van der Waals surface area (Å²) in [6.45, 7) is 5.29. The number of amides is 2. The van der Waals surface area contributed by atoms with Crippen molar-refractivity contribution < 1.29 is 9.59 Å². The van der Waals surface area contributed by atoms with E-state index in [4.69, 9.17) is 0 Å². The Morgan fingerprint density at radius 2 is 1.14 bits per heavy atom. The first-order valence-corrected chi connectivity index (χ1v) is 13.5. The van der Waals surface area contributed by atoms with Gasteiger partial charge in [-0.25, -0.2) is 9.97 Å². The lowest BCUT2D eigenvalue weighted by molar-refractivity contribution is -0.140. The van der Waals surface area contributed by atoms with Crippen molar-refractivity contribution in [2.45, 2.75) is 24.7 Å². The summed E-state index contributed by atoms with van der Waals surface area (Å²) >= 11 is 0. The lowest BCUT2D eigenvalue weighted by Crippen LogP contribution is -2.47. The zero-order valence-electron chi connectivity index (χ0n) is 20.9. The van der Waals surface area contributed by atoms with Gasteiger partial charge in [-0.15, -0.1) is 0 Å². The molecule has 2 fully saturated rings. The van der Waals surface area contributed by atoms with Gasteiger partial charge < -0.3 is 4.90 Å². The lowest BCUT2D eigenvalue weighted by atomic mass is 9.55. The van der Waals surface area contributed by atoms with Crippen molar-refractivity contribution in [3.05, 3.63) is 89.2 Å². The monoisotopic (exact) mass is 493 g/mol. The number of carbonyl (C=O) groups excluding carboxylic acids is 2. The van der Waals surface area contributed by atoms with Gasteiger partial charge in [0.2, 0.25) is 17.8 Å². The van der Waals surface area contributed by atoms with E-state index in [-0.39, 0.29) is 35.5 Å². The number of piperazine rings is 1. The largest absolute Gasteiger partial charge is 0.338 e. The highest BCUT2D eigenvalue weighted by molar-refractivity contribution is 6.07. The highest BCUT2D eigenvalue weighted by Gasteiger charge is 2.61. The summed E-state index contributed by atoms with van der Waals surface area (Å²) in [6.07, 6.45) is 5.39. The van der Waals surface area contributed by atoms with E-state index >= 15 is 0 Å². The summed E-state index contributed by atoms with van der Waals surface area (Å²) in [4.78, 5) is 42.4. The molecular formula is C30H31N5O2. The maximum atomic E-state index is 13.7. The molecule has 5 aliphatic rings. The molecule has 0 radical (unpaired) electrons. The number of aromatic nitrogens is 2. The second kappa shape index (κ2) is 9.06. The maximum Gasteiger partial charge on any atom is 0.234 e. The van der Waals surface area contributed by atoms with Crippen LogP contribution in [-0.4, -0.2) is 70.9 Å². The van der Waals surface area contributed by atoms with Crippen LogP contribution in [0.15, 0.2) is 67.0 Å². The molecule has 2 aliphatic heterocycles. The predicted molar refractivity (Wildman–Crippen MR) is 140 cm³/mol. The molecule has 7 nitrogen and oxygen atoms in total. The third kappa shape index (κ3) is 3.59. The fourth-order valence-corrected chi connectivity index (χ4v) is 7.19. The highest BCUT2D eigenvalue weighted by Crippen LogP contribution is 2.60. The average Bonchev–Trinajstić information content (AvgIpc) is 3.21. The minimum atomic E-state index is -0.268. The van der Waals surface area contributed by atoms with Gasteiger partial charge in [0, 0.05) is 57.0 Å². The van der Waals surface area contributed by atoms with E-state index < -0.39 is 0 Å². The number of imide groups is 1. The molecule has 0 spiro atoms. The van der Waals surface area contributed by atoms with E-state index in [1.807, 2.05) is 6.07 Å². The molecule has 188 valence electrons. The smallest absolute Gasteiger partial charge is 0.234 e. The molecule has 37 heavy (non-hydrogen) atoms. The third-order valence-corrected chi connectivity index (χ3v) is 8.85. The minimum Gasteiger partial charge on any atom is -0.338 e. The maximum absolute atomic E-state index is 13.7. The molecule has 2 atom stereocenters. The van der Waals surface area contributed by atoms with Crippen LogP contribution in [-0.2, 0) is 9.59 Å². The molecule has 3 aliphatic carbocycles. The Morgan fingerprint density at radius 3 is 1.65 bits per heavy atom. The Bertz CT molecular complexity index is 1220. The van der Waals surface area contributed by atoms with Gasteiger partial charge in [-0.3, -0.25) is 19.4 Å². The van der Waals surface area contributed by atoms with Crippen LogP contribution in [0.5, 0.6) is 0 Å². The number of nitrogens with zero attached hydrogens (tertiary/aromatic N) is 5. The molecule has 2 amide bonds. The fourth-order valence-electron chi connectivity index (χ4n) is 7.19. The summed E-state index contributed by atoms with van der Waals surface area (Å²) in [6, 6.07) is 18.7. The summed E-state index contributed by atoms with van der Waals surface area (Å²) in [5.74, 6) is 0.289. The molecule has 8 rings (SSSR count). The van der Waals surface area contributed by atoms with Crippen LogP contribution in [0.2, 0.25) is 0 Å². The lowest BCUT2D eigenvalue weighted by Gasteiger charge is -2.45. The van der Waals surface area contributed by atoms with Gasteiger partial charge in [0.25, 0.3) is 0 Å². The predicted octanol–water partition coefficient (Wildman–Crippen LogP) is 3.27. The summed E-state index contributed by atoms with van der Waals surface area (Å²) in [7, 11) is 0. The molecule has 0 saturated carbocycles. The van der Waals surface area contributed by atoms with Crippen molar-refractivity contribution in [1.82, 2.24) is 19.8 Å². The molecule has 1 aromatic heterocycles. The van der Waals surface area contributed by atoms with Gasteiger partial charge in [-0.05, 0) is 47.7 Å². The third-order valence-electron chi connectivity index (χ3n) is 8.85. The molecular weight excluding hydrogens is 462 g/mol. The zero-order valence-corrected chi connectivity index (χ0v) is 20.9. The number of benzene rings is 2. The van der Waals surface area contributed by atoms with E-state index in [9.17, 15) is 9.59 Å². The average molecular weight is 494 g/mol. The minimum absolute atomic E-state index is 0.0197. The quantitative estimate of drug-likeness (QED) is 0.388. The molecule has 2 unspecified atom stereocenters. The van der Waals surface area contributed by atoms with Crippen LogP contribution in [0.4, 0.5) is 5.95 Å². The molecule has 3 aromatic rings. The van der Waals surface area contributed by atoms with E-state index in [0.29, 0.717) is 6.54 Å². The molecule has 3 heterocycles. The molecule has 0 N–H and O–H groups in total. The van der Waals surface area contributed by atoms with Crippen molar-refractivity contribution in [2.24, 2.45) is 11.8 Å². The Hall–Kier alpha value is -3.58. The summed E-state index contributed by atoms with van der Waals surface area (Å²) < 4.78 is 0. The normalized spacial score (nSPS) is 26.3. The molecule has 2 saturated heterocycles. The van der Waals surface area contributed by atoms with Gasteiger partial charge in [0.1, 0.15) is 0 Å². The van der Waals surface area contributed by atoms with Gasteiger partial charge in [0.15, 0.2) is 0 Å². The van der Waals surface area contributed by atoms with Gasteiger partial charge in [-0.1, -0.05) is 48.5 Å². The van der Waals surface area contributed by atoms with Crippen LogP contribution in [0, 0.1) is 11.8 Å². The second-order valence-corrected chi connectivity index (χ2v) is 10.7. The molecule has 2 bridgehead atoms. The highest BCUT2D eigenvalue weighted by atomic mass is 16.2. The summed E-state index contributed by atoms with van der Waals surface area (Å²) in [5, 5.41) is 0. The SMILES string of the molecule is O=C1C2C3c4ccccc4C(c4ccccc43)C2C(=O)N1CCCCN1CCN(c2ncccn2)CC1. The van der Waals surface area contributed by atoms with Crippen LogP contribution in [0.3, 0.4) is 0 Å².